The van der Waals surface area contributed by atoms with Crippen molar-refractivity contribution in [2.45, 2.75) is 48.8 Å². The first-order valence-corrected chi connectivity index (χ1v) is 13.6. The molecule has 1 heterocycles. The van der Waals surface area contributed by atoms with Gasteiger partial charge < -0.3 is 0 Å². The summed E-state index contributed by atoms with van der Waals surface area (Å²) in [5, 5.41) is 1.80. The fraction of sp³-hybridized carbons (Fsp3) is 0.346. The molecule has 3 aromatic rings. The second-order valence-electron chi connectivity index (χ2n) is 9.07. The molecular formula is C26H27NO3S2. The summed E-state index contributed by atoms with van der Waals surface area (Å²) in [6.07, 6.45) is 4.74. The van der Waals surface area contributed by atoms with E-state index < -0.39 is 10.0 Å². The zero-order valence-electron chi connectivity index (χ0n) is 17.9. The Kier molecular flexibility index (Phi) is 6.01. The number of carbonyl (C=O) groups is 1. The van der Waals surface area contributed by atoms with E-state index >= 15 is 0 Å². The third-order valence-electron chi connectivity index (χ3n) is 6.86. The Morgan fingerprint density at radius 1 is 0.875 bits per heavy atom. The molecule has 2 aliphatic carbocycles. The zero-order chi connectivity index (χ0) is 22.1. The number of hydrogen-bond acceptors (Lipinski definition) is 4. The Bertz CT molecular complexity index is 1200. The Morgan fingerprint density at radius 3 is 2.31 bits per heavy atom. The van der Waals surface area contributed by atoms with E-state index in [1.165, 1.54) is 22.5 Å². The van der Waals surface area contributed by atoms with Crippen LogP contribution in [0.2, 0.25) is 0 Å². The van der Waals surface area contributed by atoms with Gasteiger partial charge in [0.15, 0.2) is 0 Å². The molecule has 32 heavy (non-hydrogen) atoms. The maximum Gasteiger partial charge on any atom is 0.250 e. The Morgan fingerprint density at radius 2 is 1.59 bits per heavy atom. The molecule has 2 bridgehead atoms. The summed E-state index contributed by atoms with van der Waals surface area (Å²) >= 11 is 1.26. The first kappa shape index (κ1) is 21.6. The topological polar surface area (TPSA) is 63.2 Å². The van der Waals surface area contributed by atoms with Crippen LogP contribution in [0, 0.1) is 11.8 Å². The molecule has 3 atom stereocenters. The van der Waals surface area contributed by atoms with Crippen LogP contribution in [0.25, 0.3) is 0 Å². The van der Waals surface area contributed by atoms with Gasteiger partial charge in [-0.1, -0.05) is 54.6 Å². The molecule has 1 N–H and O–H groups in total. The lowest BCUT2D eigenvalue weighted by molar-refractivity contribution is -0.117. The van der Waals surface area contributed by atoms with Gasteiger partial charge in [-0.15, -0.1) is 11.3 Å². The van der Waals surface area contributed by atoms with Gasteiger partial charge in [0, 0.05) is 18.9 Å². The zero-order valence-corrected chi connectivity index (χ0v) is 19.5. The number of rotatable bonds is 7. The van der Waals surface area contributed by atoms with Crippen molar-refractivity contribution in [3.05, 3.63) is 88.3 Å². The molecule has 0 amide bonds. The molecule has 0 saturated heterocycles. The number of fused-ring (bicyclic) bond motifs is 3. The summed E-state index contributed by atoms with van der Waals surface area (Å²) in [4.78, 5) is 12.6. The number of ketones is 1. The van der Waals surface area contributed by atoms with E-state index in [0.717, 1.165) is 36.8 Å². The van der Waals surface area contributed by atoms with E-state index in [4.69, 9.17) is 0 Å². The molecule has 2 aliphatic rings. The lowest BCUT2D eigenvalue weighted by Gasteiger charge is -2.23. The fourth-order valence-electron chi connectivity index (χ4n) is 5.33. The Hall–Kier alpha value is -2.28. The van der Waals surface area contributed by atoms with Crippen LogP contribution in [-0.2, 0) is 40.5 Å². The van der Waals surface area contributed by atoms with Gasteiger partial charge in [0.1, 0.15) is 9.99 Å². The minimum Gasteiger partial charge on any atom is -0.299 e. The van der Waals surface area contributed by atoms with Crippen LogP contribution >= 0.6 is 11.3 Å². The smallest absolute Gasteiger partial charge is 0.250 e. The van der Waals surface area contributed by atoms with Crippen LogP contribution in [0.5, 0.6) is 0 Å². The van der Waals surface area contributed by atoms with Crippen LogP contribution in [-0.4, -0.2) is 20.2 Å². The summed E-state index contributed by atoms with van der Waals surface area (Å²) in [5.74, 6) is 0.834. The molecule has 4 nitrogen and oxygen atoms in total. The summed E-state index contributed by atoms with van der Waals surface area (Å²) < 4.78 is 29.1. The minimum absolute atomic E-state index is 0.0299. The minimum atomic E-state index is -3.48. The molecule has 5 rings (SSSR count). The lowest BCUT2D eigenvalue weighted by Crippen LogP contribution is -2.41. The van der Waals surface area contributed by atoms with Gasteiger partial charge in [-0.05, 0) is 71.2 Å². The number of sulfonamides is 1. The summed E-state index contributed by atoms with van der Waals surface area (Å²) in [5.41, 5.74) is 4.68. The lowest BCUT2D eigenvalue weighted by atomic mass is 9.91. The normalized spacial score (nSPS) is 22.3. The molecule has 0 unspecified atom stereocenters. The summed E-state index contributed by atoms with van der Waals surface area (Å²) in [6.45, 7) is 0. The molecular weight excluding hydrogens is 438 g/mol. The van der Waals surface area contributed by atoms with Crippen molar-refractivity contribution in [3.8, 4) is 0 Å². The standard InChI is InChI=1S/C26H27NO3S2/c28-24(14-18-5-2-1-3-6-18)15-19-8-9-20-16-21-10-11-22(17-23(20)13-19)26(21)27-32(29,30)25-7-4-12-31-25/h1-9,12-13,21-22,26-27H,10-11,14-17H2/t21-,22+,26+/m0/s1. The summed E-state index contributed by atoms with van der Waals surface area (Å²) in [6, 6.07) is 19.7. The number of nitrogens with one attached hydrogen (secondary N) is 1. The van der Waals surface area contributed by atoms with E-state index in [1.807, 2.05) is 30.3 Å². The maximum absolute atomic E-state index is 12.9. The van der Waals surface area contributed by atoms with Crippen molar-refractivity contribution in [3.63, 3.8) is 0 Å². The van der Waals surface area contributed by atoms with Gasteiger partial charge in [-0.25, -0.2) is 13.1 Å². The van der Waals surface area contributed by atoms with Crippen LogP contribution in [0.15, 0.2) is 70.3 Å². The molecule has 0 aliphatic heterocycles. The van der Waals surface area contributed by atoms with E-state index in [-0.39, 0.29) is 11.8 Å². The van der Waals surface area contributed by atoms with Gasteiger partial charge in [0.25, 0.3) is 0 Å². The van der Waals surface area contributed by atoms with Gasteiger partial charge >= 0.3 is 0 Å². The number of hydrogen-bond donors (Lipinski definition) is 1. The Balaban J connectivity index is 1.30. The second kappa shape index (κ2) is 8.93. The largest absolute Gasteiger partial charge is 0.299 e. The Labute approximate surface area is 193 Å². The van der Waals surface area contributed by atoms with Gasteiger partial charge in [-0.3, -0.25) is 4.79 Å². The first-order chi connectivity index (χ1) is 15.5. The second-order valence-corrected chi connectivity index (χ2v) is 12.0. The number of carbonyl (C=O) groups excluding carboxylic acids is 1. The predicted octanol–water partition coefficient (Wildman–Crippen LogP) is 4.57. The molecule has 1 saturated carbocycles. The highest BCUT2D eigenvalue weighted by molar-refractivity contribution is 7.91. The highest BCUT2D eigenvalue weighted by atomic mass is 32.2. The molecule has 0 radical (unpaired) electrons. The average Bonchev–Trinajstić information content (AvgIpc) is 3.39. The van der Waals surface area contributed by atoms with Crippen LogP contribution < -0.4 is 4.72 Å². The van der Waals surface area contributed by atoms with Crippen LogP contribution in [0.3, 0.4) is 0 Å². The number of thiophene rings is 1. The van der Waals surface area contributed by atoms with Gasteiger partial charge in [0.2, 0.25) is 10.0 Å². The van der Waals surface area contributed by atoms with E-state index in [0.29, 0.717) is 28.9 Å². The highest BCUT2D eigenvalue weighted by Gasteiger charge is 2.41. The predicted molar refractivity (Wildman–Crippen MR) is 127 cm³/mol. The van der Waals surface area contributed by atoms with Crippen molar-refractivity contribution in [2.75, 3.05) is 0 Å². The number of Topliss-reactive ketones (excluding diaryl/α,β-unsaturated/α-hetero) is 1. The molecule has 6 heteroatoms. The van der Waals surface area contributed by atoms with Crippen molar-refractivity contribution in [1.82, 2.24) is 4.72 Å². The SMILES string of the molecule is O=C(Cc1ccccc1)Cc1ccc2c(c1)C[C@H]1CC[C@@H](C2)[C@H]1NS(=O)(=O)c1cccs1. The molecule has 1 aromatic heterocycles. The monoisotopic (exact) mass is 465 g/mol. The van der Waals surface area contributed by atoms with Crippen LogP contribution in [0.1, 0.15) is 35.1 Å². The van der Waals surface area contributed by atoms with E-state index in [2.05, 4.69) is 22.9 Å². The van der Waals surface area contributed by atoms with Gasteiger partial charge in [0.05, 0.1) is 0 Å². The number of benzene rings is 2. The molecule has 1 fully saturated rings. The quantitative estimate of drug-likeness (QED) is 0.556. The average molecular weight is 466 g/mol. The first-order valence-electron chi connectivity index (χ1n) is 11.2. The molecule has 0 spiro atoms. The molecule has 2 aromatic carbocycles. The highest BCUT2D eigenvalue weighted by Crippen LogP contribution is 2.41. The van der Waals surface area contributed by atoms with Crippen molar-refractivity contribution >= 4 is 27.1 Å². The van der Waals surface area contributed by atoms with Crippen molar-refractivity contribution in [2.24, 2.45) is 11.8 Å². The van der Waals surface area contributed by atoms with Crippen molar-refractivity contribution in [1.29, 1.82) is 0 Å². The van der Waals surface area contributed by atoms with Crippen LogP contribution in [0.4, 0.5) is 0 Å². The maximum atomic E-state index is 12.9. The molecule has 166 valence electrons. The third kappa shape index (κ3) is 4.58. The van der Waals surface area contributed by atoms with Gasteiger partial charge in [-0.2, -0.15) is 0 Å². The van der Waals surface area contributed by atoms with E-state index in [1.54, 1.807) is 17.5 Å². The third-order valence-corrected chi connectivity index (χ3v) is 9.71. The fourth-order valence-corrected chi connectivity index (χ4v) is 7.72. The summed E-state index contributed by atoms with van der Waals surface area (Å²) in [7, 11) is -3.48. The van der Waals surface area contributed by atoms with E-state index in [9.17, 15) is 13.2 Å². The van der Waals surface area contributed by atoms with Crippen molar-refractivity contribution < 1.29 is 13.2 Å².